The molecule has 0 spiro atoms. The third-order valence-corrected chi connectivity index (χ3v) is 2.25. The van der Waals surface area contributed by atoms with Gasteiger partial charge >= 0.3 is 0 Å². The van der Waals surface area contributed by atoms with Crippen LogP contribution >= 0.6 is 0 Å². The lowest BCUT2D eigenvalue weighted by Gasteiger charge is -1.95. The zero-order valence-electron chi connectivity index (χ0n) is 7.27. The van der Waals surface area contributed by atoms with Gasteiger partial charge in [0.1, 0.15) is 5.52 Å². The first-order valence-corrected chi connectivity index (χ1v) is 4.25. The molecule has 4 nitrogen and oxygen atoms in total. The number of hydrogen-bond acceptors (Lipinski definition) is 4. The van der Waals surface area contributed by atoms with Gasteiger partial charge in [0.2, 0.25) is 5.88 Å². The molecular weight excluding hydrogens is 178 g/mol. The van der Waals surface area contributed by atoms with E-state index in [1.54, 1.807) is 6.20 Å². The summed E-state index contributed by atoms with van der Waals surface area (Å²) in [5, 5.41) is 5.64. The van der Waals surface area contributed by atoms with Crippen molar-refractivity contribution in [3.05, 3.63) is 30.5 Å². The third kappa shape index (κ3) is 0.821. The molecule has 14 heavy (non-hydrogen) atoms. The van der Waals surface area contributed by atoms with Gasteiger partial charge in [-0.2, -0.15) is 0 Å². The second-order valence-electron chi connectivity index (χ2n) is 3.08. The minimum Gasteiger partial charge on any atom is -0.367 e. The van der Waals surface area contributed by atoms with Crippen molar-refractivity contribution in [2.45, 2.75) is 0 Å². The van der Waals surface area contributed by atoms with Gasteiger partial charge in [0, 0.05) is 11.6 Å². The van der Waals surface area contributed by atoms with Gasteiger partial charge in [-0.25, -0.2) is 0 Å². The number of fused-ring (bicyclic) bond motifs is 3. The number of aromatic nitrogens is 2. The number of rotatable bonds is 0. The largest absolute Gasteiger partial charge is 0.367 e. The first-order valence-electron chi connectivity index (χ1n) is 4.25. The van der Waals surface area contributed by atoms with Crippen molar-refractivity contribution in [1.29, 1.82) is 0 Å². The molecule has 0 saturated carbocycles. The normalized spacial score (nSPS) is 11.1. The first kappa shape index (κ1) is 7.32. The van der Waals surface area contributed by atoms with Crippen LogP contribution in [0.25, 0.3) is 21.8 Å². The number of nitrogens with zero attached hydrogens (tertiary/aromatic N) is 2. The second kappa shape index (κ2) is 2.45. The summed E-state index contributed by atoms with van der Waals surface area (Å²) in [4.78, 5) is 4.26. The van der Waals surface area contributed by atoms with Crippen LogP contribution in [0.2, 0.25) is 0 Å². The lowest BCUT2D eigenvalue weighted by molar-refractivity contribution is 0.445. The molecule has 0 aliphatic carbocycles. The Morgan fingerprint density at radius 3 is 2.93 bits per heavy atom. The molecule has 2 heterocycles. The van der Waals surface area contributed by atoms with Gasteiger partial charge in [-0.3, -0.25) is 4.98 Å². The summed E-state index contributed by atoms with van der Waals surface area (Å²) in [5.41, 5.74) is 7.27. The van der Waals surface area contributed by atoms with Gasteiger partial charge < -0.3 is 10.3 Å². The fraction of sp³-hybridized carbons (Fsp3) is 0. The molecule has 0 saturated heterocycles. The van der Waals surface area contributed by atoms with E-state index in [0.717, 1.165) is 21.8 Å². The Labute approximate surface area is 79.3 Å². The number of para-hydroxylation sites is 1. The highest BCUT2D eigenvalue weighted by molar-refractivity contribution is 6.05. The van der Waals surface area contributed by atoms with Crippen LogP contribution < -0.4 is 5.73 Å². The Morgan fingerprint density at radius 2 is 2.00 bits per heavy atom. The van der Waals surface area contributed by atoms with Gasteiger partial charge in [-0.1, -0.05) is 23.4 Å². The van der Waals surface area contributed by atoms with Crippen molar-refractivity contribution in [3.63, 3.8) is 0 Å². The predicted octanol–water partition coefficient (Wildman–Crippen LogP) is 1.96. The van der Waals surface area contributed by atoms with Gasteiger partial charge in [0.25, 0.3) is 0 Å². The summed E-state index contributed by atoms with van der Waals surface area (Å²) < 4.78 is 4.91. The molecule has 3 rings (SSSR count). The van der Waals surface area contributed by atoms with E-state index >= 15 is 0 Å². The van der Waals surface area contributed by atoms with E-state index in [1.807, 2.05) is 24.3 Å². The average molecular weight is 185 g/mol. The molecule has 0 aliphatic heterocycles. The SMILES string of the molecule is Nc1onc2c1cnc1ccccc12. The summed E-state index contributed by atoms with van der Waals surface area (Å²) in [6.45, 7) is 0. The van der Waals surface area contributed by atoms with E-state index in [4.69, 9.17) is 10.3 Å². The van der Waals surface area contributed by atoms with E-state index in [0.29, 0.717) is 5.88 Å². The lowest BCUT2D eigenvalue weighted by atomic mass is 10.2. The minimum absolute atomic E-state index is 0.318. The zero-order valence-corrected chi connectivity index (χ0v) is 7.27. The summed E-state index contributed by atoms with van der Waals surface area (Å²) in [6, 6.07) is 7.76. The van der Waals surface area contributed by atoms with E-state index in [-0.39, 0.29) is 0 Å². The molecule has 0 aliphatic rings. The van der Waals surface area contributed by atoms with Gasteiger partial charge in [0.15, 0.2) is 0 Å². The Kier molecular flexibility index (Phi) is 1.28. The molecule has 0 radical (unpaired) electrons. The van der Waals surface area contributed by atoms with Crippen LogP contribution in [0.3, 0.4) is 0 Å². The number of hydrogen-bond donors (Lipinski definition) is 1. The Bertz CT molecular complexity index is 615. The molecule has 68 valence electrons. The van der Waals surface area contributed by atoms with Crippen LogP contribution in [0.15, 0.2) is 35.0 Å². The van der Waals surface area contributed by atoms with Crippen molar-refractivity contribution < 1.29 is 4.52 Å². The van der Waals surface area contributed by atoms with Crippen LogP contribution in [0.5, 0.6) is 0 Å². The molecule has 0 bridgehead atoms. The number of anilines is 1. The fourth-order valence-corrected chi connectivity index (χ4v) is 1.55. The van der Waals surface area contributed by atoms with Crippen molar-refractivity contribution >= 4 is 27.7 Å². The van der Waals surface area contributed by atoms with E-state index in [2.05, 4.69) is 10.1 Å². The molecule has 2 N–H and O–H groups in total. The van der Waals surface area contributed by atoms with Gasteiger partial charge in [0.05, 0.1) is 10.9 Å². The van der Waals surface area contributed by atoms with Crippen LogP contribution in [0, 0.1) is 0 Å². The second-order valence-corrected chi connectivity index (χ2v) is 3.08. The van der Waals surface area contributed by atoms with Crippen LogP contribution in [0.1, 0.15) is 0 Å². The molecular formula is C10H7N3O. The fourth-order valence-electron chi connectivity index (χ4n) is 1.55. The van der Waals surface area contributed by atoms with Crippen molar-refractivity contribution in [2.24, 2.45) is 0 Å². The number of nitrogens with two attached hydrogens (primary N) is 1. The minimum atomic E-state index is 0.318. The maximum Gasteiger partial charge on any atom is 0.231 e. The van der Waals surface area contributed by atoms with Crippen LogP contribution in [-0.2, 0) is 0 Å². The Balaban J connectivity index is 2.61. The highest BCUT2D eigenvalue weighted by Gasteiger charge is 2.08. The number of benzene rings is 1. The number of pyridine rings is 1. The Morgan fingerprint density at radius 1 is 1.14 bits per heavy atom. The summed E-state index contributed by atoms with van der Waals surface area (Å²) in [5.74, 6) is 0.318. The predicted molar refractivity (Wildman–Crippen MR) is 53.7 cm³/mol. The molecule has 0 atom stereocenters. The summed E-state index contributed by atoms with van der Waals surface area (Å²) >= 11 is 0. The Hall–Kier alpha value is -2.10. The van der Waals surface area contributed by atoms with Crippen molar-refractivity contribution in [3.8, 4) is 0 Å². The smallest absolute Gasteiger partial charge is 0.231 e. The van der Waals surface area contributed by atoms with Gasteiger partial charge in [-0.15, -0.1) is 0 Å². The van der Waals surface area contributed by atoms with Gasteiger partial charge in [-0.05, 0) is 6.07 Å². The third-order valence-electron chi connectivity index (χ3n) is 2.25. The molecule has 4 heteroatoms. The highest BCUT2D eigenvalue weighted by Crippen LogP contribution is 2.25. The molecule has 1 aromatic carbocycles. The molecule has 2 aromatic heterocycles. The highest BCUT2D eigenvalue weighted by atomic mass is 16.5. The van der Waals surface area contributed by atoms with E-state index in [9.17, 15) is 0 Å². The van der Waals surface area contributed by atoms with Crippen molar-refractivity contribution in [2.75, 3.05) is 5.73 Å². The molecule has 0 fully saturated rings. The number of nitrogen functional groups attached to an aromatic ring is 1. The maximum absolute atomic E-state index is 5.60. The monoisotopic (exact) mass is 185 g/mol. The lowest BCUT2D eigenvalue weighted by Crippen LogP contribution is -1.82. The van der Waals surface area contributed by atoms with Crippen molar-refractivity contribution in [1.82, 2.24) is 10.1 Å². The summed E-state index contributed by atoms with van der Waals surface area (Å²) in [6.07, 6.45) is 1.68. The van der Waals surface area contributed by atoms with Crippen LogP contribution in [0.4, 0.5) is 5.88 Å². The maximum atomic E-state index is 5.60. The molecule has 0 unspecified atom stereocenters. The molecule has 0 amide bonds. The summed E-state index contributed by atoms with van der Waals surface area (Å²) in [7, 11) is 0. The topological polar surface area (TPSA) is 64.9 Å². The quantitative estimate of drug-likeness (QED) is 0.581. The standard InChI is InChI=1S/C10H7N3O/c11-10-7-5-12-8-4-2-1-3-6(8)9(7)13-14-10/h1-5H,11H2. The first-order chi connectivity index (χ1) is 6.86. The van der Waals surface area contributed by atoms with E-state index < -0.39 is 0 Å². The average Bonchev–Trinajstić information content (AvgIpc) is 2.61. The molecule has 3 aromatic rings. The zero-order chi connectivity index (χ0) is 9.54. The van der Waals surface area contributed by atoms with E-state index in [1.165, 1.54) is 0 Å². The van der Waals surface area contributed by atoms with Crippen LogP contribution in [-0.4, -0.2) is 10.1 Å².